The summed E-state index contributed by atoms with van der Waals surface area (Å²) in [5, 5.41) is 0. The number of rotatable bonds is 4. The summed E-state index contributed by atoms with van der Waals surface area (Å²) < 4.78 is 0. The Labute approximate surface area is 84.7 Å². The van der Waals surface area contributed by atoms with Crippen LogP contribution < -0.4 is 0 Å². The minimum Gasteiger partial charge on any atom is -0.156 e. The van der Waals surface area contributed by atoms with E-state index in [0.29, 0.717) is 0 Å². The van der Waals surface area contributed by atoms with E-state index in [1.165, 1.54) is 11.1 Å². The number of thioether (sulfide) groups is 1. The van der Waals surface area contributed by atoms with E-state index in [1.54, 1.807) is 0 Å². The van der Waals surface area contributed by atoms with Crippen LogP contribution >= 0.6 is 11.8 Å². The van der Waals surface area contributed by atoms with E-state index in [1.807, 2.05) is 11.8 Å². The van der Waals surface area contributed by atoms with Crippen LogP contribution in [0.25, 0.3) is 0 Å². The maximum absolute atomic E-state index is 5.17. The molecule has 0 aliphatic carbocycles. The molecule has 0 heterocycles. The van der Waals surface area contributed by atoms with Crippen molar-refractivity contribution in [3.05, 3.63) is 35.4 Å². The molecule has 0 saturated carbocycles. The topological polar surface area (TPSA) is 0 Å². The van der Waals surface area contributed by atoms with Gasteiger partial charge >= 0.3 is 0 Å². The fourth-order valence-corrected chi connectivity index (χ4v) is 1.94. The van der Waals surface area contributed by atoms with Crippen LogP contribution in [0.1, 0.15) is 17.5 Å². The normalized spacial score (nSPS) is 9.54. The molecular formula is C12H14S. The van der Waals surface area contributed by atoms with Gasteiger partial charge in [-0.25, -0.2) is 0 Å². The number of hydrogen-bond acceptors (Lipinski definition) is 1. The maximum atomic E-state index is 5.17. The Morgan fingerprint density at radius 1 is 1.46 bits per heavy atom. The van der Waals surface area contributed by atoms with Gasteiger partial charge in [-0.3, -0.25) is 0 Å². The van der Waals surface area contributed by atoms with Crippen LogP contribution in [0.4, 0.5) is 0 Å². The molecule has 13 heavy (non-hydrogen) atoms. The fraction of sp³-hybridized carbons (Fsp3) is 0.333. The molecule has 0 aliphatic heterocycles. The summed E-state index contributed by atoms with van der Waals surface area (Å²) in [6, 6.07) is 8.61. The Morgan fingerprint density at radius 3 is 3.00 bits per heavy atom. The Hall–Kier alpha value is -0.870. The summed E-state index contributed by atoms with van der Waals surface area (Å²) in [7, 11) is 0. The maximum Gasteiger partial charge on any atom is 0.0185 e. The molecule has 0 bridgehead atoms. The van der Waals surface area contributed by atoms with Crippen LogP contribution in [-0.2, 0) is 5.75 Å². The molecule has 0 amide bonds. The summed E-state index contributed by atoms with van der Waals surface area (Å²) in [6.45, 7) is 2.12. The zero-order valence-electron chi connectivity index (χ0n) is 7.92. The molecule has 0 unspecified atom stereocenters. The van der Waals surface area contributed by atoms with E-state index in [2.05, 4.69) is 37.1 Å². The summed E-state index contributed by atoms with van der Waals surface area (Å²) >= 11 is 1.90. The van der Waals surface area contributed by atoms with Crippen molar-refractivity contribution in [3.8, 4) is 12.3 Å². The lowest BCUT2D eigenvalue weighted by Crippen LogP contribution is -1.83. The van der Waals surface area contributed by atoms with Crippen molar-refractivity contribution in [2.75, 3.05) is 5.75 Å². The molecule has 0 nitrogen and oxygen atoms in total. The van der Waals surface area contributed by atoms with Crippen LogP contribution in [0.3, 0.4) is 0 Å². The zero-order valence-corrected chi connectivity index (χ0v) is 8.73. The van der Waals surface area contributed by atoms with Crippen molar-refractivity contribution in [2.24, 2.45) is 0 Å². The first kappa shape index (κ1) is 10.2. The smallest absolute Gasteiger partial charge is 0.0185 e. The standard InChI is InChI=1S/C12H14S/c1-3-4-8-13-10-12-7-5-6-11(2)9-12/h1,5-7,9H,4,8,10H2,2H3. The lowest BCUT2D eigenvalue weighted by Gasteiger charge is -2.00. The summed E-state index contributed by atoms with van der Waals surface area (Å²) in [5.41, 5.74) is 2.72. The average Bonchev–Trinajstić information content (AvgIpc) is 2.13. The second-order valence-corrected chi connectivity index (χ2v) is 4.10. The summed E-state index contributed by atoms with van der Waals surface area (Å²) in [6.07, 6.45) is 6.04. The summed E-state index contributed by atoms with van der Waals surface area (Å²) in [5.74, 6) is 4.78. The van der Waals surface area contributed by atoms with Crippen LogP contribution in [0.5, 0.6) is 0 Å². The molecule has 0 saturated heterocycles. The molecule has 68 valence electrons. The Kier molecular flexibility index (Phi) is 4.49. The van der Waals surface area contributed by atoms with Gasteiger partial charge in [-0.05, 0) is 12.5 Å². The molecule has 0 aliphatic rings. The third-order valence-electron chi connectivity index (χ3n) is 1.74. The van der Waals surface area contributed by atoms with Gasteiger partial charge in [0, 0.05) is 17.9 Å². The molecule has 0 fully saturated rings. The second kappa shape index (κ2) is 5.72. The number of hydrogen-bond donors (Lipinski definition) is 0. The molecule has 1 rings (SSSR count). The lowest BCUT2D eigenvalue weighted by molar-refractivity contribution is 1.28. The highest BCUT2D eigenvalue weighted by Gasteiger charge is 1.92. The van der Waals surface area contributed by atoms with Gasteiger partial charge in [0.05, 0.1) is 0 Å². The minimum absolute atomic E-state index is 0.872. The highest BCUT2D eigenvalue weighted by Crippen LogP contribution is 2.13. The van der Waals surface area contributed by atoms with Crippen molar-refractivity contribution in [1.29, 1.82) is 0 Å². The first-order valence-corrected chi connectivity index (χ1v) is 5.55. The lowest BCUT2D eigenvalue weighted by atomic mass is 10.2. The van der Waals surface area contributed by atoms with Crippen molar-refractivity contribution in [3.63, 3.8) is 0 Å². The van der Waals surface area contributed by atoms with Crippen LogP contribution in [-0.4, -0.2) is 5.75 Å². The first-order chi connectivity index (χ1) is 6.33. The van der Waals surface area contributed by atoms with Crippen LogP contribution in [0.15, 0.2) is 24.3 Å². The third-order valence-corrected chi connectivity index (χ3v) is 2.77. The van der Waals surface area contributed by atoms with Gasteiger partial charge in [-0.15, -0.1) is 12.3 Å². The highest BCUT2D eigenvalue weighted by molar-refractivity contribution is 7.98. The zero-order chi connectivity index (χ0) is 9.52. The average molecular weight is 190 g/mol. The van der Waals surface area contributed by atoms with E-state index in [4.69, 9.17) is 6.42 Å². The van der Waals surface area contributed by atoms with E-state index in [0.717, 1.165) is 17.9 Å². The van der Waals surface area contributed by atoms with Gasteiger partial charge in [-0.2, -0.15) is 11.8 Å². The fourth-order valence-electron chi connectivity index (χ4n) is 1.12. The van der Waals surface area contributed by atoms with Gasteiger partial charge in [-0.1, -0.05) is 29.8 Å². The highest BCUT2D eigenvalue weighted by atomic mass is 32.2. The first-order valence-electron chi connectivity index (χ1n) is 4.39. The van der Waals surface area contributed by atoms with E-state index >= 15 is 0 Å². The number of benzene rings is 1. The Bertz CT molecular complexity index is 296. The van der Waals surface area contributed by atoms with Gasteiger partial charge in [0.1, 0.15) is 0 Å². The monoisotopic (exact) mass is 190 g/mol. The van der Waals surface area contributed by atoms with Crippen molar-refractivity contribution >= 4 is 11.8 Å². The van der Waals surface area contributed by atoms with E-state index in [9.17, 15) is 0 Å². The predicted molar refractivity (Wildman–Crippen MR) is 60.8 cm³/mol. The van der Waals surface area contributed by atoms with Crippen LogP contribution in [0, 0.1) is 19.3 Å². The third kappa shape index (κ3) is 4.05. The van der Waals surface area contributed by atoms with Crippen molar-refractivity contribution < 1.29 is 0 Å². The van der Waals surface area contributed by atoms with Gasteiger partial charge in [0.2, 0.25) is 0 Å². The molecule has 0 spiro atoms. The van der Waals surface area contributed by atoms with Gasteiger partial charge in [0.25, 0.3) is 0 Å². The molecule has 1 heteroatoms. The SMILES string of the molecule is C#CCCSCc1cccc(C)c1. The minimum atomic E-state index is 0.872. The number of aryl methyl sites for hydroxylation is 1. The van der Waals surface area contributed by atoms with Crippen molar-refractivity contribution in [1.82, 2.24) is 0 Å². The predicted octanol–water partition coefficient (Wildman–Crippen LogP) is 3.25. The van der Waals surface area contributed by atoms with Gasteiger partial charge < -0.3 is 0 Å². The van der Waals surface area contributed by atoms with Gasteiger partial charge in [0.15, 0.2) is 0 Å². The van der Waals surface area contributed by atoms with E-state index < -0.39 is 0 Å². The quantitative estimate of drug-likeness (QED) is 0.519. The molecule has 0 radical (unpaired) electrons. The molecule has 0 N–H and O–H groups in total. The van der Waals surface area contributed by atoms with E-state index in [-0.39, 0.29) is 0 Å². The molecular weight excluding hydrogens is 176 g/mol. The Balaban J connectivity index is 2.33. The second-order valence-electron chi connectivity index (χ2n) is 3.00. The van der Waals surface area contributed by atoms with Crippen molar-refractivity contribution in [2.45, 2.75) is 19.1 Å². The largest absolute Gasteiger partial charge is 0.156 e. The molecule has 0 aromatic heterocycles. The Morgan fingerprint density at radius 2 is 2.31 bits per heavy atom. The number of terminal acetylenes is 1. The molecule has 1 aromatic rings. The van der Waals surface area contributed by atoms with Crippen LogP contribution in [0.2, 0.25) is 0 Å². The summed E-state index contributed by atoms with van der Waals surface area (Å²) in [4.78, 5) is 0. The molecule has 1 aromatic carbocycles. The molecule has 0 atom stereocenters.